The largest absolute Gasteiger partial charge is 0.486 e. The number of anilines is 1. The number of amides is 1. The molecule has 1 heterocycles. The van der Waals surface area contributed by atoms with Crippen molar-refractivity contribution >= 4 is 33.5 Å². The number of nitrogens with one attached hydrogen (secondary N) is 1. The van der Waals surface area contributed by atoms with E-state index in [0.29, 0.717) is 5.69 Å². The first-order valence-electron chi connectivity index (χ1n) is 9.74. The summed E-state index contributed by atoms with van der Waals surface area (Å²) in [5.41, 5.74) is 0.986. The van der Waals surface area contributed by atoms with Crippen LogP contribution in [0, 0.1) is 5.82 Å². The summed E-state index contributed by atoms with van der Waals surface area (Å²) in [6.07, 6.45) is 0.817. The van der Waals surface area contributed by atoms with E-state index in [0.717, 1.165) is 28.3 Å². The highest BCUT2D eigenvalue weighted by Crippen LogP contribution is 2.48. The molecule has 1 aliphatic heterocycles. The Kier molecular flexibility index (Phi) is 5.96. The number of rotatable bonds is 4. The number of fused-ring (bicyclic) bond motifs is 1. The van der Waals surface area contributed by atoms with E-state index >= 15 is 0 Å². The molecule has 0 radical (unpaired) electrons. The molecule has 0 unspecified atom stereocenters. The summed E-state index contributed by atoms with van der Waals surface area (Å²) in [5.74, 6) is -1.28. The molecule has 1 N–H and O–H groups in total. The van der Waals surface area contributed by atoms with Gasteiger partial charge in [0, 0.05) is 16.8 Å². The van der Waals surface area contributed by atoms with E-state index in [-0.39, 0.29) is 28.7 Å². The average molecular weight is 478 g/mol. The van der Waals surface area contributed by atoms with Crippen LogP contribution in [0.25, 0.3) is 0 Å². The molecule has 0 spiro atoms. The van der Waals surface area contributed by atoms with Gasteiger partial charge in [-0.25, -0.2) is 9.18 Å². The minimum absolute atomic E-state index is 0.103. The van der Waals surface area contributed by atoms with Crippen LogP contribution in [0.3, 0.4) is 0 Å². The molecule has 2 aromatic rings. The van der Waals surface area contributed by atoms with Crippen molar-refractivity contribution < 1.29 is 23.5 Å². The lowest BCUT2D eigenvalue weighted by atomic mass is 9.73. The molecule has 0 fully saturated rings. The summed E-state index contributed by atoms with van der Waals surface area (Å²) in [4.78, 5) is 24.4. The van der Waals surface area contributed by atoms with Crippen LogP contribution in [-0.4, -0.2) is 24.1 Å². The van der Waals surface area contributed by atoms with Crippen LogP contribution >= 0.6 is 15.9 Å². The zero-order valence-corrected chi connectivity index (χ0v) is 19.3. The molecule has 0 bridgehead atoms. The van der Waals surface area contributed by atoms with Gasteiger partial charge in [-0.1, -0.05) is 13.8 Å². The van der Waals surface area contributed by atoms with Crippen LogP contribution in [0.4, 0.5) is 10.1 Å². The lowest BCUT2D eigenvalue weighted by Crippen LogP contribution is -2.41. The van der Waals surface area contributed by atoms with Gasteiger partial charge in [-0.2, -0.15) is 0 Å². The van der Waals surface area contributed by atoms with Crippen LogP contribution in [0.2, 0.25) is 0 Å². The predicted molar refractivity (Wildman–Crippen MR) is 117 cm³/mol. The van der Waals surface area contributed by atoms with Gasteiger partial charge in [0.2, 0.25) is 0 Å². The quantitative estimate of drug-likeness (QED) is 0.560. The van der Waals surface area contributed by atoms with E-state index in [1.54, 1.807) is 13.0 Å². The fraction of sp³-hybridized carbons (Fsp3) is 0.391. The van der Waals surface area contributed by atoms with Gasteiger partial charge in [0.15, 0.2) is 0 Å². The number of carbonyl (C=O) groups is 2. The second-order valence-electron chi connectivity index (χ2n) is 8.63. The first-order chi connectivity index (χ1) is 13.9. The van der Waals surface area contributed by atoms with Gasteiger partial charge in [-0.15, -0.1) is 0 Å². The van der Waals surface area contributed by atoms with Crippen molar-refractivity contribution in [1.29, 1.82) is 0 Å². The van der Waals surface area contributed by atoms with Crippen molar-refractivity contribution in [1.82, 2.24) is 0 Å². The highest BCUT2D eigenvalue weighted by molar-refractivity contribution is 9.10. The molecule has 1 amide bonds. The van der Waals surface area contributed by atoms with E-state index in [1.165, 1.54) is 12.1 Å². The smallest absolute Gasteiger partial charge is 0.341 e. The lowest BCUT2D eigenvalue weighted by Gasteiger charge is -2.43. The highest BCUT2D eigenvalue weighted by Gasteiger charge is 2.40. The molecule has 1 aliphatic rings. The predicted octanol–water partition coefficient (Wildman–Crippen LogP) is 5.86. The SMILES string of the molecule is CCOC(=O)c1ccc(C(=O)Nc2cc(Br)c3c(c2)C(C)(C)CC(C)(C)O3)cc1F. The summed E-state index contributed by atoms with van der Waals surface area (Å²) in [7, 11) is 0. The normalized spacial score (nSPS) is 16.2. The van der Waals surface area contributed by atoms with Crippen LogP contribution in [-0.2, 0) is 10.2 Å². The van der Waals surface area contributed by atoms with Crippen molar-refractivity contribution in [2.24, 2.45) is 0 Å². The number of esters is 1. The topological polar surface area (TPSA) is 64.6 Å². The first kappa shape index (κ1) is 22.3. The molecule has 30 heavy (non-hydrogen) atoms. The zero-order chi connectivity index (χ0) is 22.3. The Morgan fingerprint density at radius 2 is 1.90 bits per heavy atom. The van der Waals surface area contributed by atoms with Gasteiger partial charge in [-0.3, -0.25) is 4.79 Å². The highest BCUT2D eigenvalue weighted by atomic mass is 79.9. The molecule has 7 heteroatoms. The summed E-state index contributed by atoms with van der Waals surface area (Å²) >= 11 is 3.55. The zero-order valence-electron chi connectivity index (χ0n) is 17.7. The minimum Gasteiger partial charge on any atom is -0.486 e. The van der Waals surface area contributed by atoms with Crippen molar-refractivity contribution in [3.63, 3.8) is 0 Å². The van der Waals surface area contributed by atoms with E-state index in [1.807, 2.05) is 19.9 Å². The maximum Gasteiger partial charge on any atom is 0.341 e. The molecular formula is C23H25BrFNO4. The van der Waals surface area contributed by atoms with E-state index in [4.69, 9.17) is 9.47 Å². The molecule has 160 valence electrons. The summed E-state index contributed by atoms with van der Waals surface area (Å²) in [6.45, 7) is 10.2. The molecule has 0 saturated heterocycles. The Labute approximate surface area is 184 Å². The van der Waals surface area contributed by atoms with Gasteiger partial charge in [-0.05, 0) is 78.9 Å². The second-order valence-corrected chi connectivity index (χ2v) is 9.48. The van der Waals surface area contributed by atoms with Gasteiger partial charge in [0.25, 0.3) is 5.91 Å². The molecular weight excluding hydrogens is 453 g/mol. The summed E-state index contributed by atoms with van der Waals surface area (Å²) in [5, 5.41) is 2.80. The Bertz CT molecular complexity index is 1020. The fourth-order valence-electron chi connectivity index (χ4n) is 3.98. The second kappa shape index (κ2) is 8.02. The molecule has 0 saturated carbocycles. The maximum absolute atomic E-state index is 14.3. The molecule has 0 atom stereocenters. The summed E-state index contributed by atoms with van der Waals surface area (Å²) < 4.78 is 26.0. The lowest BCUT2D eigenvalue weighted by molar-refractivity contribution is 0.0515. The number of ether oxygens (including phenoxy) is 2. The molecule has 5 nitrogen and oxygen atoms in total. The third-order valence-electron chi connectivity index (χ3n) is 5.00. The van der Waals surface area contributed by atoms with Gasteiger partial charge < -0.3 is 14.8 Å². The molecule has 2 aromatic carbocycles. The Balaban J connectivity index is 1.87. The van der Waals surface area contributed by atoms with Crippen LogP contribution in [0.1, 0.15) is 67.3 Å². The van der Waals surface area contributed by atoms with Crippen LogP contribution < -0.4 is 10.1 Å². The van der Waals surface area contributed by atoms with Gasteiger partial charge in [0.1, 0.15) is 17.2 Å². The Hall–Kier alpha value is -2.41. The van der Waals surface area contributed by atoms with Gasteiger partial charge in [0.05, 0.1) is 16.6 Å². The van der Waals surface area contributed by atoms with Crippen LogP contribution in [0.15, 0.2) is 34.8 Å². The maximum atomic E-state index is 14.3. The van der Waals surface area contributed by atoms with E-state index in [2.05, 4.69) is 35.1 Å². The van der Waals surface area contributed by atoms with Crippen molar-refractivity contribution in [3.05, 3.63) is 57.3 Å². The van der Waals surface area contributed by atoms with Gasteiger partial charge >= 0.3 is 5.97 Å². The first-order valence-corrected chi connectivity index (χ1v) is 10.5. The Morgan fingerprint density at radius 3 is 2.53 bits per heavy atom. The fourth-order valence-corrected chi connectivity index (χ4v) is 4.52. The van der Waals surface area contributed by atoms with Crippen molar-refractivity contribution in [3.8, 4) is 5.75 Å². The number of benzene rings is 2. The third-order valence-corrected chi connectivity index (χ3v) is 5.59. The summed E-state index contributed by atoms with van der Waals surface area (Å²) in [6, 6.07) is 7.33. The monoisotopic (exact) mass is 477 g/mol. The average Bonchev–Trinajstić information content (AvgIpc) is 2.61. The van der Waals surface area contributed by atoms with Crippen molar-refractivity contribution in [2.45, 2.75) is 52.1 Å². The molecule has 0 aliphatic carbocycles. The molecule has 0 aromatic heterocycles. The van der Waals surface area contributed by atoms with Crippen molar-refractivity contribution in [2.75, 3.05) is 11.9 Å². The number of carbonyl (C=O) groups excluding carboxylic acids is 2. The van der Waals surface area contributed by atoms with E-state index in [9.17, 15) is 14.0 Å². The third kappa shape index (κ3) is 4.51. The number of halogens is 2. The molecule has 3 rings (SSSR count). The standard InChI is InChI=1S/C23H25BrFNO4/c1-6-29-21(28)15-8-7-13(9-18(15)25)20(27)26-14-10-16-19(17(24)11-14)30-23(4,5)12-22(16,2)3/h7-11H,6,12H2,1-5H3,(H,26,27). The Morgan fingerprint density at radius 1 is 1.20 bits per heavy atom. The van der Waals surface area contributed by atoms with E-state index < -0.39 is 17.7 Å². The minimum atomic E-state index is -0.801. The number of hydrogen-bond acceptors (Lipinski definition) is 4. The number of hydrogen-bond donors (Lipinski definition) is 1. The van der Waals surface area contributed by atoms with Crippen LogP contribution in [0.5, 0.6) is 5.75 Å².